The number of Topliss-reactive ketones (excluding diaryl/α,β-unsaturated/α-hetero) is 1. The van der Waals surface area contributed by atoms with E-state index in [1.807, 2.05) is 64.3 Å². The fraction of sp³-hybridized carbons (Fsp3) is 0.375. The largest absolute Gasteiger partial charge is 0.332 e. The molecule has 0 aliphatic carbocycles. The van der Waals surface area contributed by atoms with Crippen molar-refractivity contribution >= 4 is 47.1 Å². The van der Waals surface area contributed by atoms with E-state index in [1.54, 1.807) is 6.07 Å². The maximum absolute atomic E-state index is 12.4. The smallest absolute Gasteiger partial charge is 0.257 e. The predicted molar refractivity (Wildman–Crippen MR) is 134 cm³/mol. The van der Waals surface area contributed by atoms with E-state index in [9.17, 15) is 9.59 Å². The molecular weight excluding hydrogens is 430 g/mol. The number of thiocarbonyl (C=S) groups is 1. The Morgan fingerprint density at radius 1 is 0.968 bits per heavy atom. The number of carbonyl (C=O) groups is 2. The van der Waals surface area contributed by atoms with Gasteiger partial charge in [-0.2, -0.15) is 0 Å². The number of hydrogen-bond acceptors (Lipinski definition) is 4. The van der Waals surface area contributed by atoms with Crippen LogP contribution < -0.4 is 10.6 Å². The number of ketones is 1. The van der Waals surface area contributed by atoms with E-state index in [0.717, 1.165) is 41.8 Å². The van der Waals surface area contributed by atoms with Crippen LogP contribution >= 0.6 is 24.6 Å². The molecule has 0 spiro atoms. The summed E-state index contributed by atoms with van der Waals surface area (Å²) < 4.78 is 0. The summed E-state index contributed by atoms with van der Waals surface area (Å²) in [6, 6.07) is 13.1. The normalized spacial score (nSPS) is 10.4. The summed E-state index contributed by atoms with van der Waals surface area (Å²) in [7, 11) is 4.08. The van der Waals surface area contributed by atoms with Gasteiger partial charge in [-0.15, -0.1) is 12.4 Å². The molecule has 0 bridgehead atoms. The van der Waals surface area contributed by atoms with Crippen molar-refractivity contribution < 1.29 is 9.59 Å². The van der Waals surface area contributed by atoms with E-state index >= 15 is 0 Å². The topological polar surface area (TPSA) is 61.4 Å². The first kappa shape index (κ1) is 26.8. The summed E-state index contributed by atoms with van der Waals surface area (Å²) in [5.41, 5.74) is 4.51. The Morgan fingerprint density at radius 3 is 2.26 bits per heavy atom. The first-order valence-electron chi connectivity index (χ1n) is 10.2. The summed E-state index contributed by atoms with van der Waals surface area (Å²) in [5, 5.41) is 5.95. The van der Waals surface area contributed by atoms with Crippen LogP contribution in [0.5, 0.6) is 0 Å². The Hall–Kier alpha value is -2.28. The number of halogens is 1. The number of anilines is 1. The van der Waals surface area contributed by atoms with E-state index in [0.29, 0.717) is 18.4 Å². The van der Waals surface area contributed by atoms with Crippen LogP contribution in [0, 0.1) is 13.8 Å². The molecule has 0 atom stereocenters. The van der Waals surface area contributed by atoms with Gasteiger partial charge in [0, 0.05) is 24.1 Å². The molecule has 0 saturated heterocycles. The third-order valence-electron chi connectivity index (χ3n) is 4.92. The average molecular weight is 462 g/mol. The van der Waals surface area contributed by atoms with Crippen LogP contribution in [0.2, 0.25) is 0 Å². The van der Waals surface area contributed by atoms with Crippen LogP contribution in [-0.4, -0.2) is 42.3 Å². The fourth-order valence-electron chi connectivity index (χ4n) is 2.99. The second-order valence-corrected chi connectivity index (χ2v) is 8.29. The lowest BCUT2D eigenvalue weighted by atomic mass is 10.0. The molecule has 0 fully saturated rings. The molecule has 0 aliphatic rings. The molecule has 0 saturated carbocycles. The van der Waals surface area contributed by atoms with Crippen LogP contribution in [0.3, 0.4) is 0 Å². The lowest BCUT2D eigenvalue weighted by Gasteiger charge is -2.11. The Balaban J connectivity index is 0.00000480. The zero-order valence-electron chi connectivity index (χ0n) is 18.7. The summed E-state index contributed by atoms with van der Waals surface area (Å²) in [6.07, 6.45) is 3.01. The minimum absolute atomic E-state index is 0. The minimum atomic E-state index is -0.243. The van der Waals surface area contributed by atoms with Crippen molar-refractivity contribution in [2.75, 3.05) is 26.0 Å². The third kappa shape index (κ3) is 9.59. The van der Waals surface area contributed by atoms with E-state index in [-0.39, 0.29) is 29.2 Å². The number of benzene rings is 2. The summed E-state index contributed by atoms with van der Waals surface area (Å²) in [4.78, 5) is 26.6. The van der Waals surface area contributed by atoms with Crippen molar-refractivity contribution in [2.45, 2.75) is 39.5 Å². The number of nitrogens with one attached hydrogen (secondary N) is 2. The number of amides is 1. The average Bonchev–Trinajstić information content (AvgIpc) is 2.68. The molecule has 2 N–H and O–H groups in total. The zero-order valence-corrected chi connectivity index (χ0v) is 20.3. The lowest BCUT2D eigenvalue weighted by Crippen LogP contribution is -2.34. The number of carbonyl (C=O) groups excluding carboxylic acids is 2. The molecule has 7 heteroatoms. The molecule has 2 aromatic carbocycles. The number of hydrogen-bond donors (Lipinski definition) is 2. The number of nitrogens with zero attached hydrogens (tertiary/aromatic N) is 1. The molecule has 1 amide bonds. The van der Waals surface area contributed by atoms with Gasteiger partial charge >= 0.3 is 0 Å². The Labute approximate surface area is 197 Å². The van der Waals surface area contributed by atoms with Crippen molar-refractivity contribution in [1.82, 2.24) is 10.2 Å². The molecule has 2 aromatic rings. The van der Waals surface area contributed by atoms with Crippen molar-refractivity contribution in [3.8, 4) is 0 Å². The number of aryl methyl sites for hydroxylation is 2. The first-order chi connectivity index (χ1) is 14.2. The van der Waals surface area contributed by atoms with Crippen LogP contribution in [-0.2, 0) is 11.2 Å². The molecule has 0 unspecified atom stereocenters. The molecule has 31 heavy (non-hydrogen) atoms. The maximum Gasteiger partial charge on any atom is 0.257 e. The maximum atomic E-state index is 12.4. The highest BCUT2D eigenvalue weighted by molar-refractivity contribution is 7.80. The highest BCUT2D eigenvalue weighted by atomic mass is 35.5. The van der Waals surface area contributed by atoms with Gasteiger partial charge in [0.25, 0.3) is 5.91 Å². The van der Waals surface area contributed by atoms with Crippen molar-refractivity contribution in [2.24, 2.45) is 0 Å². The molecule has 2 rings (SSSR count). The molecule has 0 radical (unpaired) electrons. The summed E-state index contributed by atoms with van der Waals surface area (Å²) >= 11 is 5.25. The molecule has 5 nitrogen and oxygen atoms in total. The summed E-state index contributed by atoms with van der Waals surface area (Å²) in [5.74, 6) is 0.0118. The van der Waals surface area contributed by atoms with Crippen LogP contribution in [0.4, 0.5) is 5.69 Å². The van der Waals surface area contributed by atoms with E-state index < -0.39 is 0 Å². The van der Waals surface area contributed by atoms with Gasteiger partial charge in [0.05, 0.1) is 0 Å². The van der Waals surface area contributed by atoms with Gasteiger partial charge in [0.15, 0.2) is 5.11 Å². The molecule has 0 heterocycles. The second-order valence-electron chi connectivity index (χ2n) is 7.88. The fourth-order valence-corrected chi connectivity index (χ4v) is 3.20. The number of unbranched alkanes of at least 4 members (excludes halogenated alkanes) is 1. The van der Waals surface area contributed by atoms with E-state index in [4.69, 9.17) is 12.2 Å². The predicted octanol–water partition coefficient (Wildman–Crippen LogP) is 4.70. The SMILES string of the molecule is Cc1ccc(C(=O)NC(=S)Nc2ccc(CC(=O)CCCCN(C)C)cc2)cc1C.Cl. The molecular formula is C24H32ClN3O2S. The Kier molecular flexibility index (Phi) is 11.4. The highest BCUT2D eigenvalue weighted by Gasteiger charge is 2.09. The van der Waals surface area contributed by atoms with E-state index in [2.05, 4.69) is 15.5 Å². The van der Waals surface area contributed by atoms with Gasteiger partial charge in [0.1, 0.15) is 5.78 Å². The van der Waals surface area contributed by atoms with Gasteiger partial charge in [-0.25, -0.2) is 0 Å². The molecule has 168 valence electrons. The van der Waals surface area contributed by atoms with Gasteiger partial charge in [-0.05, 0) is 101 Å². The van der Waals surface area contributed by atoms with Gasteiger partial charge in [0.2, 0.25) is 0 Å². The Bertz CT molecular complexity index is 898. The van der Waals surface area contributed by atoms with Crippen LogP contribution in [0.15, 0.2) is 42.5 Å². The standard InChI is InChI=1S/C24H31N3O2S.ClH/c1-17-8-11-20(15-18(17)2)23(29)26-24(30)25-21-12-9-19(10-13-21)16-22(28)7-5-6-14-27(3)4;/h8-13,15H,5-7,14,16H2,1-4H3,(H2,25,26,29,30);1H. The van der Waals surface area contributed by atoms with Gasteiger partial charge in [-0.1, -0.05) is 18.2 Å². The number of rotatable bonds is 9. The highest BCUT2D eigenvalue weighted by Crippen LogP contribution is 2.13. The Morgan fingerprint density at radius 2 is 1.65 bits per heavy atom. The van der Waals surface area contributed by atoms with Crippen LogP contribution in [0.1, 0.15) is 46.3 Å². The minimum Gasteiger partial charge on any atom is -0.332 e. The van der Waals surface area contributed by atoms with Crippen molar-refractivity contribution in [1.29, 1.82) is 0 Å². The van der Waals surface area contributed by atoms with Gasteiger partial charge < -0.3 is 10.2 Å². The van der Waals surface area contributed by atoms with Crippen molar-refractivity contribution in [3.05, 3.63) is 64.7 Å². The van der Waals surface area contributed by atoms with Crippen molar-refractivity contribution in [3.63, 3.8) is 0 Å². The van der Waals surface area contributed by atoms with Gasteiger partial charge in [-0.3, -0.25) is 14.9 Å². The lowest BCUT2D eigenvalue weighted by molar-refractivity contribution is -0.118. The quantitative estimate of drug-likeness (QED) is 0.419. The summed E-state index contributed by atoms with van der Waals surface area (Å²) in [6.45, 7) is 4.98. The monoisotopic (exact) mass is 461 g/mol. The molecule has 0 aromatic heterocycles. The third-order valence-corrected chi connectivity index (χ3v) is 5.12. The van der Waals surface area contributed by atoms with E-state index in [1.165, 1.54) is 0 Å². The second kappa shape index (κ2) is 13.2. The zero-order chi connectivity index (χ0) is 22.1. The molecule has 0 aliphatic heterocycles. The van der Waals surface area contributed by atoms with Crippen LogP contribution in [0.25, 0.3) is 0 Å². The first-order valence-corrected chi connectivity index (χ1v) is 10.6.